The summed E-state index contributed by atoms with van der Waals surface area (Å²) in [6.45, 7) is 3.45. The summed E-state index contributed by atoms with van der Waals surface area (Å²) in [5.41, 5.74) is 0.258. The summed E-state index contributed by atoms with van der Waals surface area (Å²) < 4.78 is 40.3. The molecule has 0 N–H and O–H groups in total. The molecule has 1 aliphatic carbocycles. The van der Waals surface area contributed by atoms with Gasteiger partial charge >= 0.3 is 6.18 Å². The van der Waals surface area contributed by atoms with Crippen LogP contribution in [0.1, 0.15) is 12.8 Å². The number of hydrogen-bond donors (Lipinski definition) is 0. The minimum Gasteiger partial charge on any atom is -0.478 e. The van der Waals surface area contributed by atoms with Crippen molar-refractivity contribution >= 4 is 5.90 Å². The summed E-state index contributed by atoms with van der Waals surface area (Å²) in [4.78, 5) is 3.30. The van der Waals surface area contributed by atoms with E-state index >= 15 is 0 Å². The number of methoxy groups -OCH3 is 1. The smallest absolute Gasteiger partial charge is 0.468 e. The van der Waals surface area contributed by atoms with E-state index < -0.39 is 12.1 Å². The number of hydrogen-bond acceptors (Lipinski definition) is 2. The molecule has 74 valence electrons. The standard InChI is InChI=1S/C8H10F3NO/c1-5(6-3-4-6)12-7(13-2)8(9,10)11/h6H,1,3-4H2,2H3. The van der Waals surface area contributed by atoms with E-state index in [0.29, 0.717) is 0 Å². The summed E-state index contributed by atoms with van der Waals surface area (Å²) >= 11 is 0. The molecule has 1 saturated carbocycles. The van der Waals surface area contributed by atoms with Crippen LogP contribution in [0.25, 0.3) is 0 Å². The van der Waals surface area contributed by atoms with Gasteiger partial charge in [0.1, 0.15) is 0 Å². The Balaban J connectivity index is 2.69. The first-order valence-electron chi connectivity index (χ1n) is 3.84. The second kappa shape index (κ2) is 3.40. The van der Waals surface area contributed by atoms with E-state index in [1.807, 2.05) is 0 Å². The van der Waals surface area contributed by atoms with Crippen molar-refractivity contribution in [2.45, 2.75) is 19.0 Å². The quantitative estimate of drug-likeness (QED) is 0.487. The third-order valence-corrected chi connectivity index (χ3v) is 1.73. The van der Waals surface area contributed by atoms with Crippen LogP contribution < -0.4 is 0 Å². The topological polar surface area (TPSA) is 21.6 Å². The summed E-state index contributed by atoms with van der Waals surface area (Å²) in [6.07, 6.45) is -2.78. The highest BCUT2D eigenvalue weighted by Crippen LogP contribution is 2.36. The van der Waals surface area contributed by atoms with Crippen LogP contribution >= 0.6 is 0 Å². The van der Waals surface area contributed by atoms with Crippen molar-refractivity contribution in [3.8, 4) is 0 Å². The molecule has 5 heteroatoms. The third-order valence-electron chi connectivity index (χ3n) is 1.73. The fourth-order valence-corrected chi connectivity index (χ4v) is 0.863. The van der Waals surface area contributed by atoms with E-state index in [9.17, 15) is 13.2 Å². The Kier molecular flexibility index (Phi) is 2.63. The number of allylic oxidation sites excluding steroid dienone is 1. The number of halogens is 3. The first-order valence-corrected chi connectivity index (χ1v) is 3.84. The number of nitrogens with zero attached hydrogens (tertiary/aromatic N) is 1. The average Bonchev–Trinajstić information content (AvgIpc) is 2.78. The van der Waals surface area contributed by atoms with Gasteiger partial charge in [0, 0.05) is 11.6 Å². The molecule has 0 radical (unpaired) electrons. The van der Waals surface area contributed by atoms with Gasteiger partial charge in [-0.2, -0.15) is 13.2 Å². The Morgan fingerprint density at radius 2 is 2.00 bits per heavy atom. The van der Waals surface area contributed by atoms with E-state index in [2.05, 4.69) is 16.3 Å². The van der Waals surface area contributed by atoms with Crippen LogP contribution in [0.3, 0.4) is 0 Å². The third kappa shape index (κ3) is 2.75. The fourth-order valence-electron chi connectivity index (χ4n) is 0.863. The van der Waals surface area contributed by atoms with Gasteiger partial charge in [-0.1, -0.05) is 6.58 Å². The zero-order valence-corrected chi connectivity index (χ0v) is 7.19. The Morgan fingerprint density at radius 3 is 2.31 bits per heavy atom. The van der Waals surface area contributed by atoms with Crippen molar-refractivity contribution in [2.24, 2.45) is 10.9 Å². The maximum absolute atomic E-state index is 12.1. The zero-order valence-electron chi connectivity index (χ0n) is 7.19. The van der Waals surface area contributed by atoms with Crippen LogP contribution in [0.5, 0.6) is 0 Å². The monoisotopic (exact) mass is 193 g/mol. The number of rotatable bonds is 2. The predicted octanol–water partition coefficient (Wildman–Crippen LogP) is 2.52. The van der Waals surface area contributed by atoms with Gasteiger partial charge in [0.05, 0.1) is 7.11 Å². The van der Waals surface area contributed by atoms with E-state index in [0.717, 1.165) is 20.0 Å². The second-order valence-corrected chi connectivity index (χ2v) is 2.88. The van der Waals surface area contributed by atoms with Crippen molar-refractivity contribution in [3.63, 3.8) is 0 Å². The maximum atomic E-state index is 12.1. The first kappa shape index (κ1) is 10.1. The molecule has 13 heavy (non-hydrogen) atoms. The summed E-state index contributed by atoms with van der Waals surface area (Å²) in [5, 5.41) is 0. The fraction of sp³-hybridized carbons (Fsp3) is 0.625. The van der Waals surface area contributed by atoms with Crippen molar-refractivity contribution in [2.75, 3.05) is 7.11 Å². The molecule has 0 spiro atoms. The molecule has 0 aromatic rings. The van der Waals surface area contributed by atoms with Crippen LogP contribution in [0.4, 0.5) is 13.2 Å². The zero-order chi connectivity index (χ0) is 10.1. The highest BCUT2D eigenvalue weighted by molar-refractivity contribution is 5.82. The predicted molar refractivity (Wildman–Crippen MR) is 42.4 cm³/mol. The molecular formula is C8H10F3NO. The van der Waals surface area contributed by atoms with Gasteiger partial charge in [-0.25, -0.2) is 4.99 Å². The van der Waals surface area contributed by atoms with Crippen molar-refractivity contribution in [3.05, 3.63) is 12.3 Å². The first-order chi connectivity index (χ1) is 5.95. The molecule has 2 nitrogen and oxygen atoms in total. The van der Waals surface area contributed by atoms with E-state index in [1.54, 1.807) is 0 Å². The largest absolute Gasteiger partial charge is 0.478 e. The van der Waals surface area contributed by atoms with Crippen molar-refractivity contribution in [1.29, 1.82) is 0 Å². The lowest BCUT2D eigenvalue weighted by Gasteiger charge is -2.08. The molecule has 0 aromatic heterocycles. The average molecular weight is 193 g/mol. The normalized spacial score (nSPS) is 18.6. The summed E-state index contributed by atoms with van der Waals surface area (Å²) in [7, 11) is 0.951. The SMILES string of the molecule is C=C(N=C(OC)C(F)(F)F)C1CC1. The van der Waals surface area contributed by atoms with E-state index in [4.69, 9.17) is 0 Å². The van der Waals surface area contributed by atoms with Crippen LogP contribution in [-0.4, -0.2) is 19.2 Å². The van der Waals surface area contributed by atoms with Crippen LogP contribution in [0, 0.1) is 5.92 Å². The molecule has 0 bridgehead atoms. The molecule has 0 aliphatic heterocycles. The van der Waals surface area contributed by atoms with Gasteiger partial charge in [0.15, 0.2) is 0 Å². The lowest BCUT2D eigenvalue weighted by Crippen LogP contribution is -2.24. The van der Waals surface area contributed by atoms with Crippen molar-refractivity contribution < 1.29 is 17.9 Å². The molecule has 0 heterocycles. The molecule has 0 aromatic carbocycles. The molecule has 0 unspecified atom stereocenters. The lowest BCUT2D eigenvalue weighted by molar-refractivity contribution is -0.0756. The second-order valence-electron chi connectivity index (χ2n) is 2.88. The van der Waals surface area contributed by atoms with Gasteiger partial charge in [0.2, 0.25) is 0 Å². The minimum atomic E-state index is -4.52. The lowest BCUT2D eigenvalue weighted by atomic mass is 10.3. The number of alkyl halides is 3. The van der Waals surface area contributed by atoms with Crippen LogP contribution in [0.2, 0.25) is 0 Å². The Morgan fingerprint density at radius 1 is 1.46 bits per heavy atom. The molecular weight excluding hydrogens is 183 g/mol. The maximum Gasteiger partial charge on any atom is 0.468 e. The van der Waals surface area contributed by atoms with Gasteiger partial charge in [-0.05, 0) is 12.8 Å². The number of ether oxygens (including phenoxy) is 1. The molecule has 1 aliphatic rings. The number of aliphatic imine (C=N–C) groups is 1. The van der Waals surface area contributed by atoms with E-state index in [-0.39, 0.29) is 11.6 Å². The summed E-state index contributed by atoms with van der Waals surface area (Å²) in [6, 6.07) is 0. The van der Waals surface area contributed by atoms with Gasteiger partial charge in [-0.3, -0.25) is 0 Å². The van der Waals surface area contributed by atoms with Gasteiger partial charge < -0.3 is 4.74 Å². The Hall–Kier alpha value is -1.00. The summed E-state index contributed by atoms with van der Waals surface area (Å²) in [5.74, 6) is -1.10. The minimum absolute atomic E-state index is 0.118. The van der Waals surface area contributed by atoms with Crippen molar-refractivity contribution in [1.82, 2.24) is 0 Å². The molecule has 1 fully saturated rings. The van der Waals surface area contributed by atoms with Gasteiger partial charge in [-0.15, -0.1) is 0 Å². The Bertz CT molecular complexity index is 240. The molecule has 1 rings (SSSR count). The van der Waals surface area contributed by atoms with Crippen LogP contribution in [0.15, 0.2) is 17.3 Å². The highest BCUT2D eigenvalue weighted by atomic mass is 19.4. The van der Waals surface area contributed by atoms with Gasteiger partial charge in [0.25, 0.3) is 5.90 Å². The van der Waals surface area contributed by atoms with E-state index in [1.165, 1.54) is 0 Å². The molecule has 0 amide bonds. The van der Waals surface area contributed by atoms with Crippen LogP contribution in [-0.2, 0) is 4.74 Å². The highest BCUT2D eigenvalue weighted by Gasteiger charge is 2.38. The Labute approximate surface area is 74.1 Å². The molecule has 0 atom stereocenters. The molecule has 0 saturated heterocycles.